The minimum Gasteiger partial charge on any atom is -0.389 e. The molecule has 0 aromatic rings. The number of nitrogens with zero attached hydrogens (tertiary/aromatic N) is 1. The summed E-state index contributed by atoms with van der Waals surface area (Å²) in [6.45, 7) is 8.75. The lowest BCUT2D eigenvalue weighted by Gasteiger charge is -2.38. The molecule has 0 amide bonds. The van der Waals surface area contributed by atoms with Crippen LogP contribution in [0.25, 0.3) is 0 Å². The summed E-state index contributed by atoms with van der Waals surface area (Å²) in [5.74, 6) is 0.603. The first-order chi connectivity index (χ1) is 6.42. The molecule has 1 saturated heterocycles. The maximum absolute atomic E-state index is 9.72. The van der Waals surface area contributed by atoms with Crippen LogP contribution in [0.15, 0.2) is 0 Å². The SMILES string of the molecule is CCC1CN(CC(C)(C)O)CCC1N. The van der Waals surface area contributed by atoms with Crippen LogP contribution >= 0.6 is 0 Å². The molecule has 1 rings (SSSR count). The lowest BCUT2D eigenvalue weighted by Crippen LogP contribution is -2.50. The Labute approximate surface area is 87.3 Å². The third kappa shape index (κ3) is 3.56. The van der Waals surface area contributed by atoms with Crippen LogP contribution in [-0.4, -0.2) is 41.3 Å². The highest BCUT2D eigenvalue weighted by atomic mass is 16.3. The van der Waals surface area contributed by atoms with Crippen molar-refractivity contribution in [3.05, 3.63) is 0 Å². The number of aliphatic hydroxyl groups is 1. The van der Waals surface area contributed by atoms with Crippen LogP contribution in [0.5, 0.6) is 0 Å². The Hall–Kier alpha value is -0.120. The van der Waals surface area contributed by atoms with Gasteiger partial charge in [0.15, 0.2) is 0 Å². The number of nitrogens with two attached hydrogens (primary N) is 1. The fourth-order valence-corrected chi connectivity index (χ4v) is 2.25. The van der Waals surface area contributed by atoms with E-state index in [1.807, 2.05) is 13.8 Å². The van der Waals surface area contributed by atoms with Crippen molar-refractivity contribution in [2.45, 2.75) is 45.3 Å². The molecule has 1 heterocycles. The first-order valence-corrected chi connectivity index (χ1v) is 5.62. The molecule has 1 aliphatic rings. The van der Waals surface area contributed by atoms with E-state index in [0.29, 0.717) is 12.0 Å². The molecule has 84 valence electrons. The van der Waals surface area contributed by atoms with E-state index in [1.165, 1.54) is 0 Å². The largest absolute Gasteiger partial charge is 0.389 e. The Bertz CT molecular complexity index is 177. The van der Waals surface area contributed by atoms with E-state index in [2.05, 4.69) is 11.8 Å². The molecule has 0 saturated carbocycles. The van der Waals surface area contributed by atoms with Crippen LogP contribution in [0.3, 0.4) is 0 Å². The number of hydrogen-bond donors (Lipinski definition) is 2. The Balaban J connectivity index is 2.43. The number of rotatable bonds is 3. The van der Waals surface area contributed by atoms with Gasteiger partial charge in [-0.2, -0.15) is 0 Å². The van der Waals surface area contributed by atoms with Crippen molar-refractivity contribution in [1.82, 2.24) is 4.90 Å². The highest BCUT2D eigenvalue weighted by molar-refractivity contribution is 4.84. The van der Waals surface area contributed by atoms with Crippen LogP contribution in [0.4, 0.5) is 0 Å². The van der Waals surface area contributed by atoms with Crippen LogP contribution < -0.4 is 5.73 Å². The van der Waals surface area contributed by atoms with Gasteiger partial charge in [-0.15, -0.1) is 0 Å². The molecule has 0 aromatic carbocycles. The van der Waals surface area contributed by atoms with E-state index in [-0.39, 0.29) is 0 Å². The zero-order valence-corrected chi connectivity index (χ0v) is 9.66. The predicted molar refractivity (Wildman–Crippen MR) is 59.1 cm³/mol. The lowest BCUT2D eigenvalue weighted by molar-refractivity contribution is 0.0179. The van der Waals surface area contributed by atoms with Gasteiger partial charge in [0.1, 0.15) is 0 Å². The van der Waals surface area contributed by atoms with Gasteiger partial charge in [0, 0.05) is 19.1 Å². The third-order valence-electron chi connectivity index (χ3n) is 3.01. The van der Waals surface area contributed by atoms with Gasteiger partial charge in [-0.3, -0.25) is 0 Å². The number of piperidine rings is 1. The minimum absolute atomic E-state index is 0.359. The van der Waals surface area contributed by atoms with Gasteiger partial charge in [-0.05, 0) is 32.7 Å². The van der Waals surface area contributed by atoms with Crippen molar-refractivity contribution in [3.63, 3.8) is 0 Å². The molecule has 14 heavy (non-hydrogen) atoms. The average molecular weight is 200 g/mol. The molecule has 3 N–H and O–H groups in total. The van der Waals surface area contributed by atoms with Crippen molar-refractivity contribution in [2.24, 2.45) is 11.7 Å². The van der Waals surface area contributed by atoms with Gasteiger partial charge in [-0.25, -0.2) is 0 Å². The number of hydrogen-bond acceptors (Lipinski definition) is 3. The van der Waals surface area contributed by atoms with Gasteiger partial charge < -0.3 is 15.7 Å². The van der Waals surface area contributed by atoms with E-state index in [4.69, 9.17) is 5.73 Å². The van der Waals surface area contributed by atoms with Crippen molar-refractivity contribution < 1.29 is 5.11 Å². The zero-order valence-electron chi connectivity index (χ0n) is 9.66. The van der Waals surface area contributed by atoms with Crippen LogP contribution in [-0.2, 0) is 0 Å². The molecular formula is C11H24N2O. The molecule has 3 heteroatoms. The molecule has 0 spiro atoms. The van der Waals surface area contributed by atoms with E-state index in [0.717, 1.165) is 32.5 Å². The molecule has 1 fully saturated rings. The molecule has 2 unspecified atom stereocenters. The minimum atomic E-state index is -0.584. The first kappa shape index (κ1) is 12.0. The monoisotopic (exact) mass is 200 g/mol. The van der Waals surface area contributed by atoms with Gasteiger partial charge >= 0.3 is 0 Å². The summed E-state index contributed by atoms with van der Waals surface area (Å²) in [5, 5.41) is 9.72. The maximum Gasteiger partial charge on any atom is 0.0718 e. The Morgan fingerprint density at radius 2 is 2.14 bits per heavy atom. The summed E-state index contributed by atoms with van der Waals surface area (Å²) >= 11 is 0. The van der Waals surface area contributed by atoms with Gasteiger partial charge in [0.25, 0.3) is 0 Å². The van der Waals surface area contributed by atoms with Crippen LogP contribution in [0.2, 0.25) is 0 Å². The molecule has 0 bridgehead atoms. The predicted octanol–water partition coefficient (Wildman–Crippen LogP) is 0.817. The Kier molecular flexibility index (Phi) is 3.93. The quantitative estimate of drug-likeness (QED) is 0.709. The van der Waals surface area contributed by atoms with E-state index >= 15 is 0 Å². The fourth-order valence-electron chi connectivity index (χ4n) is 2.25. The second-order valence-corrected chi connectivity index (χ2v) is 5.17. The molecule has 0 aromatic heterocycles. The van der Waals surface area contributed by atoms with Crippen molar-refractivity contribution in [3.8, 4) is 0 Å². The smallest absolute Gasteiger partial charge is 0.0718 e. The zero-order chi connectivity index (χ0) is 10.8. The van der Waals surface area contributed by atoms with Crippen LogP contribution in [0, 0.1) is 5.92 Å². The second kappa shape index (κ2) is 4.60. The summed E-state index contributed by atoms with van der Waals surface area (Å²) in [6.07, 6.45) is 2.21. The molecule has 2 atom stereocenters. The summed E-state index contributed by atoms with van der Waals surface area (Å²) < 4.78 is 0. The normalized spacial score (nSPS) is 30.6. The number of likely N-dealkylation sites (tertiary alicyclic amines) is 1. The Morgan fingerprint density at radius 1 is 1.50 bits per heavy atom. The highest BCUT2D eigenvalue weighted by Crippen LogP contribution is 2.20. The van der Waals surface area contributed by atoms with Gasteiger partial charge in [0.05, 0.1) is 5.60 Å². The van der Waals surface area contributed by atoms with E-state index in [1.54, 1.807) is 0 Å². The van der Waals surface area contributed by atoms with Crippen molar-refractivity contribution in [2.75, 3.05) is 19.6 Å². The summed E-state index contributed by atoms with van der Waals surface area (Å²) in [7, 11) is 0. The summed E-state index contributed by atoms with van der Waals surface area (Å²) in [6, 6.07) is 0.359. The van der Waals surface area contributed by atoms with E-state index in [9.17, 15) is 5.11 Å². The van der Waals surface area contributed by atoms with Crippen LogP contribution in [0.1, 0.15) is 33.6 Å². The maximum atomic E-state index is 9.72. The molecule has 3 nitrogen and oxygen atoms in total. The third-order valence-corrected chi connectivity index (χ3v) is 3.01. The highest BCUT2D eigenvalue weighted by Gasteiger charge is 2.27. The topological polar surface area (TPSA) is 49.5 Å². The van der Waals surface area contributed by atoms with Crippen molar-refractivity contribution >= 4 is 0 Å². The van der Waals surface area contributed by atoms with Crippen molar-refractivity contribution in [1.29, 1.82) is 0 Å². The van der Waals surface area contributed by atoms with E-state index < -0.39 is 5.60 Å². The standard InChI is InChI=1S/C11H24N2O/c1-4-9-7-13(6-5-10(9)12)8-11(2,3)14/h9-10,14H,4-8,12H2,1-3H3. The average Bonchev–Trinajstić information content (AvgIpc) is 2.06. The molecular weight excluding hydrogens is 176 g/mol. The first-order valence-electron chi connectivity index (χ1n) is 5.62. The lowest BCUT2D eigenvalue weighted by atomic mass is 9.90. The summed E-state index contributed by atoms with van der Waals surface area (Å²) in [5.41, 5.74) is 5.44. The molecule has 1 aliphatic heterocycles. The molecule has 0 radical (unpaired) electrons. The number of β-amino-alcohol motifs (C(OH)–C–C–N with tert-alkyl or cyclic N) is 1. The van der Waals surface area contributed by atoms with Gasteiger partial charge in [-0.1, -0.05) is 13.3 Å². The summed E-state index contributed by atoms with van der Waals surface area (Å²) in [4.78, 5) is 2.33. The molecule has 0 aliphatic carbocycles. The Morgan fingerprint density at radius 3 is 2.64 bits per heavy atom. The van der Waals surface area contributed by atoms with Gasteiger partial charge in [0.2, 0.25) is 0 Å². The fraction of sp³-hybridized carbons (Fsp3) is 1.00. The second-order valence-electron chi connectivity index (χ2n) is 5.17.